The zero-order valence-electron chi connectivity index (χ0n) is 12.8. The Hall–Kier alpha value is -2.40. The van der Waals surface area contributed by atoms with E-state index in [0.717, 1.165) is 21.8 Å². The van der Waals surface area contributed by atoms with E-state index >= 15 is 0 Å². The van der Waals surface area contributed by atoms with Crippen molar-refractivity contribution in [3.8, 4) is 11.5 Å². The van der Waals surface area contributed by atoms with E-state index in [9.17, 15) is 0 Å². The highest BCUT2D eigenvalue weighted by atomic mass is 32.1. The predicted octanol–water partition coefficient (Wildman–Crippen LogP) is 3.84. The summed E-state index contributed by atoms with van der Waals surface area (Å²) in [7, 11) is 1.77. The number of aromatic nitrogens is 1. The van der Waals surface area contributed by atoms with E-state index in [0.29, 0.717) is 0 Å². The molecule has 3 aromatic rings. The van der Waals surface area contributed by atoms with Gasteiger partial charge < -0.3 is 4.42 Å². The number of aryl methyl sites for hydroxylation is 2. The molecule has 0 amide bonds. The molecule has 0 saturated heterocycles. The molecule has 0 aliphatic rings. The number of hydrogen-bond acceptors (Lipinski definition) is 4. The van der Waals surface area contributed by atoms with Gasteiger partial charge in [0.15, 0.2) is 5.76 Å². The molecule has 0 unspecified atom stereocenters. The van der Waals surface area contributed by atoms with E-state index in [2.05, 4.69) is 42.1 Å². The molecule has 5 heteroatoms. The second kappa shape index (κ2) is 6.15. The number of furan rings is 1. The van der Waals surface area contributed by atoms with Crippen molar-refractivity contribution in [1.29, 1.82) is 0 Å². The van der Waals surface area contributed by atoms with E-state index in [4.69, 9.17) is 4.42 Å². The predicted molar refractivity (Wildman–Crippen MR) is 90.4 cm³/mol. The molecule has 3 rings (SSSR count). The second-order valence-corrected chi connectivity index (χ2v) is 5.86. The molecule has 2 heterocycles. The monoisotopic (exact) mass is 311 g/mol. The van der Waals surface area contributed by atoms with Crippen molar-refractivity contribution < 1.29 is 4.42 Å². The van der Waals surface area contributed by atoms with Gasteiger partial charge in [-0.15, -0.1) is 11.3 Å². The highest BCUT2D eigenvalue weighted by molar-refractivity contribution is 7.07. The lowest BCUT2D eigenvalue weighted by atomic mass is 10.1. The quantitative estimate of drug-likeness (QED) is 0.678. The first-order valence-electron chi connectivity index (χ1n) is 6.98. The van der Waals surface area contributed by atoms with Crippen LogP contribution < -0.4 is 4.80 Å². The van der Waals surface area contributed by atoms with Gasteiger partial charge in [-0.25, -0.2) is 4.68 Å². The van der Waals surface area contributed by atoms with Crippen LogP contribution in [0.15, 0.2) is 56.5 Å². The van der Waals surface area contributed by atoms with Gasteiger partial charge in [-0.2, -0.15) is 5.10 Å². The van der Waals surface area contributed by atoms with E-state index in [1.807, 2.05) is 28.4 Å². The number of nitrogens with zero attached hydrogens (tertiary/aromatic N) is 3. The molecule has 0 saturated carbocycles. The molecule has 0 atom stereocenters. The van der Waals surface area contributed by atoms with Crippen LogP contribution in [-0.2, 0) is 0 Å². The lowest BCUT2D eigenvalue weighted by Gasteiger charge is -2.03. The first-order valence-corrected chi connectivity index (χ1v) is 7.86. The molecule has 0 radical (unpaired) electrons. The third kappa shape index (κ3) is 2.80. The van der Waals surface area contributed by atoms with Crippen LogP contribution in [0.1, 0.15) is 16.7 Å². The topological polar surface area (TPSA) is 42.8 Å². The van der Waals surface area contributed by atoms with Crippen LogP contribution in [0.5, 0.6) is 0 Å². The van der Waals surface area contributed by atoms with Crippen molar-refractivity contribution in [1.82, 2.24) is 4.68 Å². The molecule has 0 N–H and O–H groups in total. The maximum Gasteiger partial charge on any atom is 0.206 e. The van der Waals surface area contributed by atoms with Gasteiger partial charge in [0.2, 0.25) is 4.80 Å². The Bertz CT molecular complexity index is 870. The SMILES string of the molecule is CN=c1scc(-c2ccco2)n1N=Cc1cc(C)ccc1C. The summed E-state index contributed by atoms with van der Waals surface area (Å²) in [4.78, 5) is 5.11. The van der Waals surface area contributed by atoms with Crippen LogP contribution in [-0.4, -0.2) is 17.9 Å². The van der Waals surface area contributed by atoms with Crippen LogP contribution in [0, 0.1) is 13.8 Å². The summed E-state index contributed by atoms with van der Waals surface area (Å²) >= 11 is 1.54. The van der Waals surface area contributed by atoms with Gasteiger partial charge in [-0.1, -0.05) is 23.8 Å². The van der Waals surface area contributed by atoms with Crippen molar-refractivity contribution in [2.75, 3.05) is 7.05 Å². The van der Waals surface area contributed by atoms with Crippen molar-refractivity contribution in [3.63, 3.8) is 0 Å². The summed E-state index contributed by atoms with van der Waals surface area (Å²) in [6, 6.07) is 10.1. The first-order chi connectivity index (χ1) is 10.7. The zero-order chi connectivity index (χ0) is 15.5. The first kappa shape index (κ1) is 14.5. The maximum atomic E-state index is 5.48. The summed E-state index contributed by atoms with van der Waals surface area (Å²) in [6.07, 6.45) is 3.53. The molecule has 112 valence electrons. The minimum atomic E-state index is 0.782. The third-order valence-corrected chi connectivity index (χ3v) is 4.30. The van der Waals surface area contributed by atoms with E-state index < -0.39 is 0 Å². The summed E-state index contributed by atoms with van der Waals surface area (Å²) in [5, 5.41) is 6.62. The Labute approximate surface area is 133 Å². The van der Waals surface area contributed by atoms with E-state index in [1.54, 1.807) is 13.3 Å². The maximum absolute atomic E-state index is 5.48. The molecular weight excluding hydrogens is 294 g/mol. The average Bonchev–Trinajstić information content (AvgIpc) is 3.16. The fourth-order valence-electron chi connectivity index (χ4n) is 2.18. The van der Waals surface area contributed by atoms with Gasteiger partial charge in [0, 0.05) is 12.4 Å². The molecular formula is C17H17N3OS. The molecule has 0 spiro atoms. The molecule has 0 fully saturated rings. The van der Waals surface area contributed by atoms with Crippen molar-refractivity contribution in [3.05, 3.63) is 63.5 Å². The Morgan fingerprint density at radius 1 is 1.23 bits per heavy atom. The van der Waals surface area contributed by atoms with Crippen LogP contribution in [0.4, 0.5) is 0 Å². The third-order valence-electron chi connectivity index (χ3n) is 3.40. The van der Waals surface area contributed by atoms with Crippen LogP contribution in [0.25, 0.3) is 11.5 Å². The molecule has 0 aliphatic heterocycles. The van der Waals surface area contributed by atoms with E-state index in [-0.39, 0.29) is 0 Å². The van der Waals surface area contributed by atoms with Crippen LogP contribution in [0.2, 0.25) is 0 Å². The van der Waals surface area contributed by atoms with Gasteiger partial charge in [-0.05, 0) is 37.1 Å². The molecule has 0 bridgehead atoms. The average molecular weight is 311 g/mol. The fourth-order valence-corrected chi connectivity index (χ4v) is 2.96. The fraction of sp³-hybridized carbons (Fsp3) is 0.176. The lowest BCUT2D eigenvalue weighted by Crippen LogP contribution is -2.11. The molecule has 1 aromatic carbocycles. The summed E-state index contributed by atoms with van der Waals surface area (Å²) in [5.41, 5.74) is 4.41. The Balaban J connectivity index is 2.07. The zero-order valence-corrected chi connectivity index (χ0v) is 13.6. The minimum Gasteiger partial charge on any atom is -0.463 e. The number of thiazole rings is 1. The number of hydrogen-bond donors (Lipinski definition) is 0. The standard InChI is InChI=1S/C17H17N3OS/c1-12-6-7-13(2)14(9-12)10-19-20-15(11-22-17(20)18-3)16-5-4-8-21-16/h4-11H,1-3H3. The van der Waals surface area contributed by atoms with Gasteiger partial charge >= 0.3 is 0 Å². The van der Waals surface area contributed by atoms with E-state index in [1.165, 1.54) is 22.5 Å². The molecule has 2 aromatic heterocycles. The highest BCUT2D eigenvalue weighted by Gasteiger charge is 2.09. The van der Waals surface area contributed by atoms with Gasteiger partial charge in [0.1, 0.15) is 5.69 Å². The van der Waals surface area contributed by atoms with Crippen LogP contribution >= 0.6 is 11.3 Å². The van der Waals surface area contributed by atoms with Gasteiger partial charge in [0.25, 0.3) is 0 Å². The minimum absolute atomic E-state index is 0.782. The van der Waals surface area contributed by atoms with Gasteiger partial charge in [0.05, 0.1) is 12.5 Å². The van der Waals surface area contributed by atoms with Crippen LogP contribution in [0.3, 0.4) is 0 Å². The normalized spacial score (nSPS) is 12.4. The molecule has 0 aliphatic carbocycles. The highest BCUT2D eigenvalue weighted by Crippen LogP contribution is 2.20. The summed E-state index contributed by atoms with van der Waals surface area (Å²) in [6.45, 7) is 4.16. The molecule has 22 heavy (non-hydrogen) atoms. The Morgan fingerprint density at radius 3 is 2.82 bits per heavy atom. The number of rotatable bonds is 3. The largest absolute Gasteiger partial charge is 0.463 e. The summed E-state index contributed by atoms with van der Waals surface area (Å²) in [5.74, 6) is 0.782. The van der Waals surface area contributed by atoms with Crippen molar-refractivity contribution >= 4 is 17.6 Å². The smallest absolute Gasteiger partial charge is 0.206 e. The Morgan fingerprint density at radius 2 is 2.09 bits per heavy atom. The molecule has 4 nitrogen and oxygen atoms in total. The second-order valence-electron chi connectivity index (χ2n) is 5.02. The Kier molecular flexibility index (Phi) is 4.06. The van der Waals surface area contributed by atoms with Crippen molar-refractivity contribution in [2.45, 2.75) is 13.8 Å². The van der Waals surface area contributed by atoms with Gasteiger partial charge in [-0.3, -0.25) is 4.99 Å². The summed E-state index contributed by atoms with van der Waals surface area (Å²) < 4.78 is 7.29. The number of benzene rings is 1. The lowest BCUT2D eigenvalue weighted by molar-refractivity contribution is 0.575. The van der Waals surface area contributed by atoms with Crippen molar-refractivity contribution in [2.24, 2.45) is 10.1 Å².